The lowest BCUT2D eigenvalue weighted by Crippen LogP contribution is -2.30. The predicted octanol–water partition coefficient (Wildman–Crippen LogP) is 2.36. The van der Waals surface area contributed by atoms with Gasteiger partial charge < -0.3 is 15.5 Å². The predicted molar refractivity (Wildman–Crippen MR) is 78.0 cm³/mol. The number of rotatable bonds is 5. The molecule has 2 rings (SSSR count). The van der Waals surface area contributed by atoms with Crippen molar-refractivity contribution < 1.29 is 15.0 Å². The van der Waals surface area contributed by atoms with E-state index in [0.717, 1.165) is 10.8 Å². The smallest absolute Gasteiger partial charge is 0.354 e. The van der Waals surface area contributed by atoms with Crippen LogP contribution in [0.15, 0.2) is 30.3 Å². The number of carboxylic acids is 1. The van der Waals surface area contributed by atoms with E-state index >= 15 is 0 Å². The third kappa shape index (κ3) is 2.88. The largest absolute Gasteiger partial charge is 0.477 e. The molecule has 106 valence electrons. The van der Waals surface area contributed by atoms with Crippen molar-refractivity contribution in [3.63, 3.8) is 0 Å². The number of benzene rings is 1. The second-order valence-electron chi connectivity index (χ2n) is 5.06. The minimum atomic E-state index is -1.07. The van der Waals surface area contributed by atoms with Crippen molar-refractivity contribution in [3.05, 3.63) is 36.0 Å². The molecule has 0 saturated heterocycles. The normalized spacial score (nSPS) is 12.6. The van der Waals surface area contributed by atoms with E-state index in [1.54, 1.807) is 6.07 Å². The van der Waals surface area contributed by atoms with Crippen LogP contribution in [0.3, 0.4) is 0 Å². The summed E-state index contributed by atoms with van der Waals surface area (Å²) in [5.41, 5.74) is -0.00774. The van der Waals surface area contributed by atoms with E-state index in [9.17, 15) is 9.90 Å². The van der Waals surface area contributed by atoms with E-state index in [2.05, 4.69) is 10.3 Å². The van der Waals surface area contributed by atoms with Crippen LogP contribution in [0.25, 0.3) is 10.8 Å². The van der Waals surface area contributed by atoms with Crippen molar-refractivity contribution in [3.8, 4) is 0 Å². The van der Waals surface area contributed by atoms with Gasteiger partial charge in [-0.25, -0.2) is 9.78 Å². The molecule has 20 heavy (non-hydrogen) atoms. The van der Waals surface area contributed by atoms with Gasteiger partial charge in [-0.2, -0.15) is 0 Å². The summed E-state index contributed by atoms with van der Waals surface area (Å²) in [5.74, 6) is -0.369. The fourth-order valence-electron chi connectivity index (χ4n) is 2.02. The Morgan fingerprint density at radius 2 is 2.05 bits per heavy atom. The lowest BCUT2D eigenvalue weighted by Gasteiger charge is -2.21. The first-order chi connectivity index (χ1) is 9.52. The number of aromatic carboxylic acids is 1. The Morgan fingerprint density at radius 1 is 1.35 bits per heavy atom. The topological polar surface area (TPSA) is 82.5 Å². The van der Waals surface area contributed by atoms with E-state index in [4.69, 9.17) is 5.11 Å². The van der Waals surface area contributed by atoms with E-state index in [1.165, 1.54) is 0 Å². The second-order valence-corrected chi connectivity index (χ2v) is 5.06. The summed E-state index contributed by atoms with van der Waals surface area (Å²) >= 11 is 0. The number of carboxylic acid groups (broad SMARTS) is 1. The van der Waals surface area contributed by atoms with Crippen molar-refractivity contribution in [1.82, 2.24) is 4.98 Å². The molecule has 0 aliphatic rings. The molecule has 0 bridgehead atoms. The molecule has 2 aromatic rings. The van der Waals surface area contributed by atoms with Gasteiger partial charge in [-0.1, -0.05) is 38.1 Å². The molecule has 0 saturated carbocycles. The summed E-state index contributed by atoms with van der Waals surface area (Å²) in [4.78, 5) is 15.3. The molecule has 0 aliphatic heterocycles. The number of hydrogen-bond acceptors (Lipinski definition) is 4. The number of nitrogens with zero attached hydrogens (tertiary/aromatic N) is 1. The number of aliphatic hydroxyl groups is 1. The number of carbonyl (C=O) groups is 1. The molecule has 0 radical (unpaired) electrons. The maximum Gasteiger partial charge on any atom is 0.354 e. The highest BCUT2D eigenvalue weighted by Crippen LogP contribution is 2.24. The number of fused-ring (bicyclic) bond motifs is 1. The standard InChI is InChI=1S/C15H18N2O3/c1-9(2)13(8-18)17-14-11-6-4-3-5-10(11)7-12(16-14)15(19)20/h3-7,9,13,18H,8H2,1-2H3,(H,16,17)(H,19,20)/t13-/m1/s1. The van der Waals surface area contributed by atoms with Gasteiger partial charge in [0, 0.05) is 5.39 Å². The van der Waals surface area contributed by atoms with Crippen LogP contribution in [0, 0.1) is 5.92 Å². The first-order valence-corrected chi connectivity index (χ1v) is 6.53. The van der Waals surface area contributed by atoms with Gasteiger partial charge in [0.2, 0.25) is 0 Å². The average molecular weight is 274 g/mol. The van der Waals surface area contributed by atoms with Crippen LogP contribution in [0.1, 0.15) is 24.3 Å². The van der Waals surface area contributed by atoms with Gasteiger partial charge in [0.1, 0.15) is 5.82 Å². The molecule has 1 aromatic carbocycles. The quantitative estimate of drug-likeness (QED) is 0.779. The summed E-state index contributed by atoms with van der Waals surface area (Å²) in [6.45, 7) is 3.93. The molecule has 5 heteroatoms. The first kappa shape index (κ1) is 14.3. The zero-order chi connectivity index (χ0) is 14.7. The summed E-state index contributed by atoms with van der Waals surface area (Å²) in [5, 5.41) is 23.3. The molecule has 1 aromatic heterocycles. The third-order valence-electron chi connectivity index (χ3n) is 3.28. The highest BCUT2D eigenvalue weighted by atomic mass is 16.4. The lowest BCUT2D eigenvalue weighted by atomic mass is 10.0. The van der Waals surface area contributed by atoms with Crippen LogP contribution in [0.4, 0.5) is 5.82 Å². The molecular weight excluding hydrogens is 256 g/mol. The van der Waals surface area contributed by atoms with Crippen molar-refractivity contribution in [2.45, 2.75) is 19.9 Å². The Bertz CT molecular complexity index is 626. The molecule has 0 fully saturated rings. The second kappa shape index (κ2) is 5.88. The molecule has 1 atom stereocenters. The van der Waals surface area contributed by atoms with Crippen LogP contribution in [-0.4, -0.2) is 33.8 Å². The van der Waals surface area contributed by atoms with E-state index < -0.39 is 5.97 Å². The zero-order valence-electron chi connectivity index (χ0n) is 11.5. The number of aromatic nitrogens is 1. The molecule has 0 aliphatic carbocycles. The number of nitrogens with one attached hydrogen (secondary N) is 1. The summed E-state index contributed by atoms with van der Waals surface area (Å²) < 4.78 is 0. The zero-order valence-corrected chi connectivity index (χ0v) is 11.5. The van der Waals surface area contributed by atoms with E-state index in [-0.39, 0.29) is 24.3 Å². The Morgan fingerprint density at radius 3 is 2.65 bits per heavy atom. The monoisotopic (exact) mass is 274 g/mol. The van der Waals surface area contributed by atoms with Crippen LogP contribution < -0.4 is 5.32 Å². The average Bonchev–Trinajstić information content (AvgIpc) is 2.43. The van der Waals surface area contributed by atoms with E-state index in [0.29, 0.717) is 5.82 Å². The number of anilines is 1. The van der Waals surface area contributed by atoms with Crippen LogP contribution >= 0.6 is 0 Å². The minimum Gasteiger partial charge on any atom is -0.477 e. The molecule has 0 spiro atoms. The Kier molecular flexibility index (Phi) is 4.20. The lowest BCUT2D eigenvalue weighted by molar-refractivity contribution is 0.0691. The molecule has 1 heterocycles. The maximum atomic E-state index is 11.1. The fraction of sp³-hybridized carbons (Fsp3) is 0.333. The van der Waals surface area contributed by atoms with Gasteiger partial charge in [0.25, 0.3) is 0 Å². The third-order valence-corrected chi connectivity index (χ3v) is 3.28. The Balaban J connectivity index is 2.52. The summed E-state index contributed by atoms with van der Waals surface area (Å²) in [7, 11) is 0. The van der Waals surface area contributed by atoms with Gasteiger partial charge >= 0.3 is 5.97 Å². The number of hydrogen-bond donors (Lipinski definition) is 3. The van der Waals surface area contributed by atoms with Gasteiger partial charge in [-0.15, -0.1) is 0 Å². The van der Waals surface area contributed by atoms with Crippen molar-refractivity contribution >= 4 is 22.6 Å². The SMILES string of the molecule is CC(C)[C@@H](CO)Nc1nc(C(=O)O)cc2ccccc12. The maximum absolute atomic E-state index is 11.1. The summed E-state index contributed by atoms with van der Waals surface area (Å²) in [6, 6.07) is 8.83. The van der Waals surface area contributed by atoms with Crippen molar-refractivity contribution in [2.75, 3.05) is 11.9 Å². The van der Waals surface area contributed by atoms with Gasteiger partial charge in [-0.3, -0.25) is 0 Å². The first-order valence-electron chi connectivity index (χ1n) is 6.53. The van der Waals surface area contributed by atoms with Crippen LogP contribution in [-0.2, 0) is 0 Å². The molecule has 5 nitrogen and oxygen atoms in total. The molecule has 3 N–H and O–H groups in total. The van der Waals surface area contributed by atoms with Crippen molar-refractivity contribution in [2.24, 2.45) is 5.92 Å². The Hall–Kier alpha value is -2.14. The minimum absolute atomic E-state index is 0.00774. The van der Waals surface area contributed by atoms with Gasteiger partial charge in [0.05, 0.1) is 12.6 Å². The van der Waals surface area contributed by atoms with Gasteiger partial charge in [-0.05, 0) is 17.4 Å². The number of pyridine rings is 1. The molecular formula is C15H18N2O3. The highest BCUT2D eigenvalue weighted by molar-refractivity contribution is 5.97. The van der Waals surface area contributed by atoms with Crippen LogP contribution in [0.2, 0.25) is 0 Å². The fourth-order valence-corrected chi connectivity index (χ4v) is 2.02. The number of aliphatic hydroxyl groups excluding tert-OH is 1. The van der Waals surface area contributed by atoms with E-state index in [1.807, 2.05) is 38.1 Å². The highest BCUT2D eigenvalue weighted by Gasteiger charge is 2.16. The summed E-state index contributed by atoms with van der Waals surface area (Å²) in [6.07, 6.45) is 0. The Labute approximate surface area is 117 Å². The molecule has 0 unspecified atom stereocenters. The van der Waals surface area contributed by atoms with Crippen molar-refractivity contribution in [1.29, 1.82) is 0 Å². The van der Waals surface area contributed by atoms with Gasteiger partial charge in [0.15, 0.2) is 5.69 Å². The van der Waals surface area contributed by atoms with Crippen LogP contribution in [0.5, 0.6) is 0 Å². The molecule has 0 amide bonds.